The molecule has 0 atom stereocenters. The van der Waals surface area contributed by atoms with E-state index < -0.39 is 0 Å². The summed E-state index contributed by atoms with van der Waals surface area (Å²) in [6, 6.07) is 19.2. The SMILES string of the molecule is Cc1cccc(Cl)c1-n1c(-c2ccccc2)nc2nc(-c3cccs3)sc2c1=O. The first-order chi connectivity index (χ1) is 14.1. The lowest BCUT2D eigenvalue weighted by Crippen LogP contribution is -2.22. The highest BCUT2D eigenvalue weighted by atomic mass is 35.5. The van der Waals surface area contributed by atoms with Gasteiger partial charge in [0, 0.05) is 5.56 Å². The zero-order valence-corrected chi connectivity index (χ0v) is 17.7. The number of aromatic nitrogens is 3. The van der Waals surface area contributed by atoms with Crippen LogP contribution in [0.5, 0.6) is 0 Å². The maximum Gasteiger partial charge on any atom is 0.278 e. The zero-order valence-electron chi connectivity index (χ0n) is 15.3. The minimum atomic E-state index is -0.162. The van der Waals surface area contributed by atoms with E-state index >= 15 is 0 Å². The summed E-state index contributed by atoms with van der Waals surface area (Å²) in [5.74, 6) is 0.530. The fourth-order valence-electron chi connectivity index (χ4n) is 3.28. The highest BCUT2D eigenvalue weighted by Crippen LogP contribution is 2.33. The number of para-hydroxylation sites is 1. The maximum absolute atomic E-state index is 13.6. The molecule has 4 nitrogen and oxygen atoms in total. The lowest BCUT2D eigenvalue weighted by molar-refractivity contribution is 0.964. The molecule has 0 radical (unpaired) electrons. The van der Waals surface area contributed by atoms with Gasteiger partial charge in [0.25, 0.3) is 5.56 Å². The maximum atomic E-state index is 13.6. The van der Waals surface area contributed by atoms with Crippen molar-refractivity contribution in [3.63, 3.8) is 0 Å². The third kappa shape index (κ3) is 3.09. The highest BCUT2D eigenvalue weighted by Gasteiger charge is 2.21. The van der Waals surface area contributed by atoms with E-state index in [0.29, 0.717) is 26.9 Å². The summed E-state index contributed by atoms with van der Waals surface area (Å²) in [6.45, 7) is 1.94. The first kappa shape index (κ1) is 18.2. The van der Waals surface area contributed by atoms with E-state index in [1.54, 1.807) is 22.0 Å². The molecule has 3 heterocycles. The number of rotatable bonds is 3. The van der Waals surface area contributed by atoms with Crippen molar-refractivity contribution in [3.05, 3.63) is 87.0 Å². The molecule has 0 bridgehead atoms. The first-order valence-corrected chi connectivity index (χ1v) is 11.0. The first-order valence-electron chi connectivity index (χ1n) is 8.92. The van der Waals surface area contributed by atoms with Crippen LogP contribution in [0.2, 0.25) is 5.02 Å². The van der Waals surface area contributed by atoms with E-state index in [4.69, 9.17) is 16.6 Å². The largest absolute Gasteiger partial charge is 0.278 e. The van der Waals surface area contributed by atoms with Gasteiger partial charge in [0.1, 0.15) is 15.5 Å². The Kier molecular flexibility index (Phi) is 4.54. The van der Waals surface area contributed by atoms with Gasteiger partial charge >= 0.3 is 0 Å². The number of halogens is 1. The van der Waals surface area contributed by atoms with E-state index in [1.165, 1.54) is 11.3 Å². The standard InChI is InChI=1S/C22H14ClN3OS2/c1-13-7-5-10-15(23)17(13)26-20(14-8-3-2-4-9-14)24-19-18(22(26)27)29-21(25-19)16-11-6-12-28-16/h2-12H,1H3. The summed E-state index contributed by atoms with van der Waals surface area (Å²) in [5.41, 5.74) is 2.68. The van der Waals surface area contributed by atoms with Crippen molar-refractivity contribution in [2.75, 3.05) is 0 Å². The number of thiazole rings is 1. The van der Waals surface area contributed by atoms with Crippen molar-refractivity contribution in [1.82, 2.24) is 14.5 Å². The van der Waals surface area contributed by atoms with Crippen LogP contribution in [-0.4, -0.2) is 14.5 Å². The van der Waals surface area contributed by atoms with Gasteiger partial charge in [0.2, 0.25) is 0 Å². The smallest absolute Gasteiger partial charge is 0.267 e. The molecule has 5 aromatic rings. The average Bonchev–Trinajstić information content (AvgIpc) is 3.39. The molecule has 29 heavy (non-hydrogen) atoms. The molecule has 7 heteroatoms. The van der Waals surface area contributed by atoms with Crippen molar-refractivity contribution in [2.24, 2.45) is 0 Å². The van der Waals surface area contributed by atoms with Gasteiger partial charge in [-0.25, -0.2) is 9.97 Å². The molecule has 0 amide bonds. The summed E-state index contributed by atoms with van der Waals surface area (Å²) in [4.78, 5) is 24.1. The molecular formula is C22H14ClN3OS2. The second-order valence-electron chi connectivity index (χ2n) is 6.50. The number of hydrogen-bond donors (Lipinski definition) is 0. The van der Waals surface area contributed by atoms with Crippen molar-refractivity contribution in [2.45, 2.75) is 6.92 Å². The second kappa shape index (κ2) is 7.22. The van der Waals surface area contributed by atoms with Gasteiger partial charge in [-0.05, 0) is 30.0 Å². The number of benzene rings is 2. The normalized spacial score (nSPS) is 11.2. The molecule has 0 saturated heterocycles. The summed E-state index contributed by atoms with van der Waals surface area (Å²) < 4.78 is 2.14. The molecule has 0 aliphatic rings. The Hall–Kier alpha value is -2.80. The summed E-state index contributed by atoms with van der Waals surface area (Å²) in [7, 11) is 0. The topological polar surface area (TPSA) is 47.8 Å². The number of nitrogens with zero attached hydrogens (tertiary/aromatic N) is 3. The van der Waals surface area contributed by atoms with Crippen LogP contribution in [0.25, 0.3) is 37.3 Å². The fraction of sp³-hybridized carbons (Fsp3) is 0.0455. The van der Waals surface area contributed by atoms with Crippen LogP contribution >= 0.6 is 34.3 Å². The third-order valence-electron chi connectivity index (χ3n) is 4.61. The zero-order chi connectivity index (χ0) is 20.0. The Morgan fingerprint density at radius 3 is 2.52 bits per heavy atom. The molecule has 142 valence electrons. The van der Waals surface area contributed by atoms with E-state index in [-0.39, 0.29) is 5.56 Å². The summed E-state index contributed by atoms with van der Waals surface area (Å²) >= 11 is 9.49. The second-order valence-corrected chi connectivity index (χ2v) is 8.85. The van der Waals surface area contributed by atoms with Gasteiger partial charge in [-0.3, -0.25) is 9.36 Å². The van der Waals surface area contributed by atoms with Crippen LogP contribution in [0.1, 0.15) is 5.56 Å². The Morgan fingerprint density at radius 2 is 1.79 bits per heavy atom. The lowest BCUT2D eigenvalue weighted by atomic mass is 10.1. The number of aryl methyl sites for hydroxylation is 1. The van der Waals surface area contributed by atoms with Gasteiger partial charge in [0.15, 0.2) is 5.65 Å². The van der Waals surface area contributed by atoms with Gasteiger partial charge in [-0.2, -0.15) is 0 Å². The molecular weight excluding hydrogens is 422 g/mol. The molecule has 0 fully saturated rings. The van der Waals surface area contributed by atoms with Crippen molar-refractivity contribution in [1.29, 1.82) is 0 Å². The van der Waals surface area contributed by atoms with Gasteiger partial charge in [0.05, 0.1) is 15.6 Å². The van der Waals surface area contributed by atoms with Crippen LogP contribution in [0, 0.1) is 6.92 Å². The average molecular weight is 436 g/mol. The number of hydrogen-bond acceptors (Lipinski definition) is 5. The molecule has 0 N–H and O–H groups in total. The Labute approximate surface area is 179 Å². The summed E-state index contributed by atoms with van der Waals surface area (Å²) in [5, 5.41) is 3.30. The Bertz CT molecular complexity index is 1370. The Morgan fingerprint density at radius 1 is 0.966 bits per heavy atom. The summed E-state index contributed by atoms with van der Waals surface area (Å²) in [6.07, 6.45) is 0. The Balaban J connectivity index is 1.89. The minimum absolute atomic E-state index is 0.162. The van der Waals surface area contributed by atoms with E-state index in [2.05, 4.69) is 4.98 Å². The molecule has 0 unspecified atom stereocenters. The predicted octanol–water partition coefficient (Wildman–Crippen LogP) is 6.20. The van der Waals surface area contributed by atoms with Crippen LogP contribution in [0.4, 0.5) is 0 Å². The van der Waals surface area contributed by atoms with Crippen molar-refractivity contribution >= 4 is 44.6 Å². The van der Waals surface area contributed by atoms with Crippen molar-refractivity contribution < 1.29 is 0 Å². The molecule has 0 aliphatic heterocycles. The van der Waals surface area contributed by atoms with Gasteiger partial charge in [-0.15, -0.1) is 22.7 Å². The quantitative estimate of drug-likeness (QED) is 0.339. The van der Waals surface area contributed by atoms with Crippen LogP contribution in [0.3, 0.4) is 0 Å². The van der Waals surface area contributed by atoms with E-state index in [0.717, 1.165) is 21.0 Å². The van der Waals surface area contributed by atoms with E-state index in [9.17, 15) is 4.79 Å². The van der Waals surface area contributed by atoms with E-state index in [1.807, 2.05) is 66.9 Å². The molecule has 0 aliphatic carbocycles. The van der Waals surface area contributed by atoms with Gasteiger partial charge in [-0.1, -0.05) is 60.1 Å². The third-order valence-corrected chi connectivity index (χ3v) is 6.98. The lowest BCUT2D eigenvalue weighted by Gasteiger charge is -2.15. The monoisotopic (exact) mass is 435 g/mol. The minimum Gasteiger partial charge on any atom is -0.267 e. The fourth-order valence-corrected chi connectivity index (χ4v) is 5.31. The number of fused-ring (bicyclic) bond motifs is 1. The van der Waals surface area contributed by atoms with Crippen LogP contribution < -0.4 is 5.56 Å². The molecule has 0 saturated carbocycles. The molecule has 3 aromatic heterocycles. The predicted molar refractivity (Wildman–Crippen MR) is 122 cm³/mol. The highest BCUT2D eigenvalue weighted by molar-refractivity contribution is 7.25. The molecule has 2 aromatic carbocycles. The van der Waals surface area contributed by atoms with Crippen LogP contribution in [0.15, 0.2) is 70.8 Å². The van der Waals surface area contributed by atoms with Crippen molar-refractivity contribution in [3.8, 4) is 27.0 Å². The molecule has 5 rings (SSSR count). The number of thiophene rings is 1. The molecule has 0 spiro atoms. The van der Waals surface area contributed by atoms with Gasteiger partial charge < -0.3 is 0 Å². The van der Waals surface area contributed by atoms with Crippen LogP contribution in [-0.2, 0) is 0 Å².